The summed E-state index contributed by atoms with van der Waals surface area (Å²) in [4.78, 5) is 12.5. The van der Waals surface area contributed by atoms with Gasteiger partial charge in [0, 0.05) is 12.1 Å². The van der Waals surface area contributed by atoms with Crippen molar-refractivity contribution in [3.8, 4) is 17.2 Å². The highest BCUT2D eigenvalue weighted by Crippen LogP contribution is 2.21. The summed E-state index contributed by atoms with van der Waals surface area (Å²) in [5.74, 6) is 1.31. The SMILES string of the molecule is O=C(NCc1cccc(Oc2ccccc2)c1)c1cccc(-n2cnnn2)c1. The van der Waals surface area contributed by atoms with E-state index < -0.39 is 0 Å². The van der Waals surface area contributed by atoms with Gasteiger partial charge in [0.05, 0.1) is 5.69 Å². The molecule has 7 heteroatoms. The molecule has 1 heterocycles. The Hall–Kier alpha value is -4.00. The average molecular weight is 371 g/mol. The van der Waals surface area contributed by atoms with Gasteiger partial charge in [0.15, 0.2) is 0 Å². The molecule has 0 aliphatic rings. The lowest BCUT2D eigenvalue weighted by atomic mass is 10.1. The molecule has 0 aliphatic heterocycles. The number of nitrogens with one attached hydrogen (secondary N) is 1. The number of amides is 1. The van der Waals surface area contributed by atoms with E-state index in [9.17, 15) is 4.79 Å². The van der Waals surface area contributed by atoms with Crippen molar-refractivity contribution in [1.29, 1.82) is 0 Å². The minimum absolute atomic E-state index is 0.177. The molecule has 0 radical (unpaired) electrons. The normalized spacial score (nSPS) is 10.4. The number of carbonyl (C=O) groups is 1. The van der Waals surface area contributed by atoms with E-state index in [0.29, 0.717) is 12.1 Å². The van der Waals surface area contributed by atoms with E-state index in [0.717, 1.165) is 22.7 Å². The average Bonchev–Trinajstić information content (AvgIpc) is 3.28. The lowest BCUT2D eigenvalue weighted by molar-refractivity contribution is 0.0951. The van der Waals surface area contributed by atoms with Crippen LogP contribution < -0.4 is 10.1 Å². The van der Waals surface area contributed by atoms with Gasteiger partial charge >= 0.3 is 0 Å². The van der Waals surface area contributed by atoms with Crippen molar-refractivity contribution in [3.05, 3.63) is 96.3 Å². The van der Waals surface area contributed by atoms with E-state index in [-0.39, 0.29) is 5.91 Å². The number of nitrogens with zero attached hydrogens (tertiary/aromatic N) is 4. The van der Waals surface area contributed by atoms with E-state index in [2.05, 4.69) is 20.8 Å². The van der Waals surface area contributed by atoms with Crippen LogP contribution in [0.4, 0.5) is 0 Å². The number of carbonyl (C=O) groups excluding carboxylic acids is 1. The molecule has 4 rings (SSSR count). The smallest absolute Gasteiger partial charge is 0.251 e. The Bertz CT molecular complexity index is 1070. The molecule has 0 spiro atoms. The monoisotopic (exact) mass is 371 g/mol. The molecule has 7 nitrogen and oxygen atoms in total. The number of para-hydroxylation sites is 1. The zero-order valence-electron chi connectivity index (χ0n) is 14.9. The highest BCUT2D eigenvalue weighted by molar-refractivity contribution is 5.94. The molecule has 1 N–H and O–H groups in total. The Morgan fingerprint density at radius 2 is 1.75 bits per heavy atom. The van der Waals surface area contributed by atoms with Gasteiger partial charge in [0.1, 0.15) is 17.8 Å². The number of hydrogen-bond donors (Lipinski definition) is 1. The molecule has 0 unspecified atom stereocenters. The van der Waals surface area contributed by atoms with E-state index >= 15 is 0 Å². The van der Waals surface area contributed by atoms with Crippen molar-refractivity contribution in [2.45, 2.75) is 6.54 Å². The van der Waals surface area contributed by atoms with Crippen molar-refractivity contribution in [2.24, 2.45) is 0 Å². The van der Waals surface area contributed by atoms with Gasteiger partial charge in [-0.15, -0.1) is 5.10 Å². The maximum atomic E-state index is 12.5. The van der Waals surface area contributed by atoms with Crippen LogP contribution in [-0.4, -0.2) is 26.1 Å². The van der Waals surface area contributed by atoms with Gasteiger partial charge in [0.25, 0.3) is 5.91 Å². The topological polar surface area (TPSA) is 81.9 Å². The first-order valence-electron chi connectivity index (χ1n) is 8.71. The van der Waals surface area contributed by atoms with Crippen LogP contribution in [-0.2, 0) is 6.54 Å². The second kappa shape index (κ2) is 8.13. The maximum absolute atomic E-state index is 12.5. The van der Waals surface area contributed by atoms with Crippen LogP contribution in [0.2, 0.25) is 0 Å². The van der Waals surface area contributed by atoms with Gasteiger partial charge in [0.2, 0.25) is 0 Å². The summed E-state index contributed by atoms with van der Waals surface area (Å²) in [6, 6.07) is 24.3. The number of hydrogen-bond acceptors (Lipinski definition) is 5. The van der Waals surface area contributed by atoms with Crippen LogP contribution in [0.1, 0.15) is 15.9 Å². The van der Waals surface area contributed by atoms with Gasteiger partial charge in [-0.05, 0) is 58.5 Å². The molecule has 0 saturated heterocycles. The summed E-state index contributed by atoms with van der Waals surface area (Å²) in [5, 5.41) is 14.0. The molecule has 3 aromatic carbocycles. The van der Waals surface area contributed by atoms with E-state index in [1.165, 1.54) is 11.0 Å². The third-order valence-electron chi connectivity index (χ3n) is 4.05. The Labute approximate surface area is 161 Å². The molecular weight excluding hydrogens is 354 g/mol. The molecular formula is C21H17N5O2. The van der Waals surface area contributed by atoms with Crippen molar-refractivity contribution >= 4 is 5.91 Å². The van der Waals surface area contributed by atoms with Crippen molar-refractivity contribution in [2.75, 3.05) is 0 Å². The van der Waals surface area contributed by atoms with Crippen LogP contribution in [0.3, 0.4) is 0 Å². The lowest BCUT2D eigenvalue weighted by Crippen LogP contribution is -2.22. The maximum Gasteiger partial charge on any atom is 0.251 e. The van der Waals surface area contributed by atoms with Crippen LogP contribution in [0, 0.1) is 0 Å². The van der Waals surface area contributed by atoms with Crippen LogP contribution >= 0.6 is 0 Å². The Morgan fingerprint density at radius 1 is 0.929 bits per heavy atom. The van der Waals surface area contributed by atoms with Gasteiger partial charge in [-0.2, -0.15) is 0 Å². The quantitative estimate of drug-likeness (QED) is 0.562. The van der Waals surface area contributed by atoms with Crippen molar-refractivity contribution in [1.82, 2.24) is 25.5 Å². The molecule has 0 aliphatic carbocycles. The Kier molecular flexibility index (Phi) is 5.06. The molecule has 1 aromatic heterocycles. The minimum atomic E-state index is -0.177. The van der Waals surface area contributed by atoms with Crippen molar-refractivity contribution in [3.63, 3.8) is 0 Å². The lowest BCUT2D eigenvalue weighted by Gasteiger charge is -2.09. The molecule has 0 bridgehead atoms. The zero-order chi connectivity index (χ0) is 19.2. The first kappa shape index (κ1) is 17.4. The summed E-state index contributed by atoms with van der Waals surface area (Å²) in [6.45, 7) is 0.389. The zero-order valence-corrected chi connectivity index (χ0v) is 14.9. The molecule has 0 atom stereocenters. The molecule has 1 amide bonds. The number of benzene rings is 3. The fourth-order valence-electron chi connectivity index (χ4n) is 2.70. The number of aromatic nitrogens is 4. The summed E-state index contributed by atoms with van der Waals surface area (Å²) in [7, 11) is 0. The predicted octanol–water partition coefficient (Wildman–Crippen LogP) is 3.38. The van der Waals surface area contributed by atoms with E-state index in [1.807, 2.05) is 60.7 Å². The molecule has 28 heavy (non-hydrogen) atoms. The second-order valence-electron chi connectivity index (χ2n) is 6.05. The molecule has 0 fully saturated rings. The van der Waals surface area contributed by atoms with Crippen LogP contribution in [0.15, 0.2) is 85.2 Å². The summed E-state index contributed by atoms with van der Waals surface area (Å²) >= 11 is 0. The first-order chi connectivity index (χ1) is 13.8. The fraction of sp³-hybridized carbons (Fsp3) is 0.0476. The number of ether oxygens (including phenoxy) is 1. The molecule has 138 valence electrons. The highest BCUT2D eigenvalue weighted by Gasteiger charge is 2.08. The number of tetrazole rings is 1. The van der Waals surface area contributed by atoms with Gasteiger partial charge < -0.3 is 10.1 Å². The van der Waals surface area contributed by atoms with Crippen LogP contribution in [0.5, 0.6) is 11.5 Å². The first-order valence-corrected chi connectivity index (χ1v) is 8.71. The Morgan fingerprint density at radius 3 is 2.57 bits per heavy atom. The standard InChI is InChI=1S/C21H17N5O2/c27-21(17-7-5-8-18(13-17)26-15-23-24-25-26)22-14-16-6-4-11-20(12-16)28-19-9-2-1-3-10-19/h1-13,15H,14H2,(H,22,27). The molecule has 0 saturated carbocycles. The summed E-state index contributed by atoms with van der Waals surface area (Å²) < 4.78 is 7.33. The van der Waals surface area contributed by atoms with Gasteiger partial charge in [-0.25, -0.2) is 4.68 Å². The largest absolute Gasteiger partial charge is 0.457 e. The second-order valence-corrected chi connectivity index (χ2v) is 6.05. The number of rotatable bonds is 6. The van der Waals surface area contributed by atoms with Gasteiger partial charge in [-0.1, -0.05) is 36.4 Å². The third kappa shape index (κ3) is 4.21. The Balaban J connectivity index is 1.41. The summed E-state index contributed by atoms with van der Waals surface area (Å²) in [6.07, 6.45) is 1.48. The highest BCUT2D eigenvalue weighted by atomic mass is 16.5. The molecule has 4 aromatic rings. The fourth-order valence-corrected chi connectivity index (χ4v) is 2.70. The predicted molar refractivity (Wildman–Crippen MR) is 103 cm³/mol. The van der Waals surface area contributed by atoms with Gasteiger partial charge in [-0.3, -0.25) is 4.79 Å². The van der Waals surface area contributed by atoms with E-state index in [4.69, 9.17) is 4.74 Å². The third-order valence-corrected chi connectivity index (χ3v) is 4.05. The van der Waals surface area contributed by atoms with Crippen LogP contribution in [0.25, 0.3) is 5.69 Å². The van der Waals surface area contributed by atoms with E-state index in [1.54, 1.807) is 18.2 Å². The minimum Gasteiger partial charge on any atom is -0.457 e. The van der Waals surface area contributed by atoms with Crippen molar-refractivity contribution < 1.29 is 9.53 Å². The summed E-state index contributed by atoms with van der Waals surface area (Å²) in [5.41, 5.74) is 2.19.